The van der Waals surface area contributed by atoms with E-state index >= 15 is 0 Å². The summed E-state index contributed by atoms with van der Waals surface area (Å²) in [6.45, 7) is 3.80. The zero-order chi connectivity index (χ0) is 13.6. The standard InChI is InChI=1S/C14H13FN2O2/c1-8-6-17(7-8)13-4-12-9(3-11(13)15)2-10(5-16-12)14(18)19/h2-5,8H,6-7H2,1H3,(H,18,19). The van der Waals surface area contributed by atoms with Crippen LogP contribution in [-0.4, -0.2) is 29.1 Å². The van der Waals surface area contributed by atoms with Gasteiger partial charge in [0.05, 0.1) is 16.8 Å². The van der Waals surface area contributed by atoms with Crippen LogP contribution in [0.4, 0.5) is 10.1 Å². The van der Waals surface area contributed by atoms with Gasteiger partial charge in [0.15, 0.2) is 0 Å². The highest BCUT2D eigenvalue weighted by molar-refractivity contribution is 5.93. The van der Waals surface area contributed by atoms with E-state index in [2.05, 4.69) is 11.9 Å². The number of anilines is 1. The lowest BCUT2D eigenvalue weighted by Crippen LogP contribution is -2.45. The number of benzene rings is 1. The fourth-order valence-electron chi connectivity index (χ4n) is 2.39. The summed E-state index contributed by atoms with van der Waals surface area (Å²) in [5, 5.41) is 9.40. The Balaban J connectivity index is 2.06. The van der Waals surface area contributed by atoms with Crippen LogP contribution in [0.25, 0.3) is 10.9 Å². The first-order valence-electron chi connectivity index (χ1n) is 6.12. The Kier molecular flexibility index (Phi) is 2.62. The molecule has 5 heteroatoms. The number of halogens is 1. The molecule has 0 bridgehead atoms. The molecule has 1 saturated heterocycles. The molecule has 1 aromatic carbocycles. The zero-order valence-corrected chi connectivity index (χ0v) is 10.4. The van der Waals surface area contributed by atoms with E-state index in [4.69, 9.17) is 5.11 Å². The van der Waals surface area contributed by atoms with Crippen LogP contribution in [0.3, 0.4) is 0 Å². The number of fused-ring (bicyclic) bond motifs is 1. The molecular weight excluding hydrogens is 247 g/mol. The Bertz CT molecular complexity index is 666. The molecule has 4 nitrogen and oxygen atoms in total. The van der Waals surface area contributed by atoms with Crippen molar-refractivity contribution < 1.29 is 14.3 Å². The van der Waals surface area contributed by atoms with Crippen molar-refractivity contribution in [3.8, 4) is 0 Å². The van der Waals surface area contributed by atoms with Crippen molar-refractivity contribution in [2.75, 3.05) is 18.0 Å². The maximum Gasteiger partial charge on any atom is 0.337 e. The number of pyridine rings is 1. The molecule has 1 fully saturated rings. The van der Waals surface area contributed by atoms with E-state index < -0.39 is 5.97 Å². The quantitative estimate of drug-likeness (QED) is 0.901. The summed E-state index contributed by atoms with van der Waals surface area (Å²) in [7, 11) is 0. The Morgan fingerprint density at radius 1 is 1.42 bits per heavy atom. The average Bonchev–Trinajstić information content (AvgIpc) is 2.33. The molecule has 98 valence electrons. The maximum absolute atomic E-state index is 14.0. The number of nitrogens with zero attached hydrogens (tertiary/aromatic N) is 2. The lowest BCUT2D eigenvalue weighted by molar-refractivity contribution is 0.0696. The first-order valence-corrected chi connectivity index (χ1v) is 6.12. The second kappa shape index (κ2) is 4.19. The molecule has 2 aromatic rings. The highest BCUT2D eigenvalue weighted by Crippen LogP contribution is 2.30. The molecule has 0 amide bonds. The predicted octanol–water partition coefficient (Wildman–Crippen LogP) is 2.53. The predicted molar refractivity (Wildman–Crippen MR) is 70.0 cm³/mol. The van der Waals surface area contributed by atoms with Crippen LogP contribution in [0.15, 0.2) is 24.4 Å². The SMILES string of the molecule is CC1CN(c2cc3ncc(C(=O)O)cc3cc2F)C1. The average molecular weight is 260 g/mol. The van der Waals surface area contributed by atoms with Gasteiger partial charge in [-0.15, -0.1) is 0 Å². The third-order valence-electron chi connectivity index (χ3n) is 3.40. The van der Waals surface area contributed by atoms with E-state index in [0.29, 0.717) is 22.5 Å². The lowest BCUT2D eigenvalue weighted by Gasteiger charge is -2.39. The molecule has 0 atom stereocenters. The number of aromatic nitrogens is 1. The van der Waals surface area contributed by atoms with Gasteiger partial charge in [-0.1, -0.05) is 6.92 Å². The van der Waals surface area contributed by atoms with Gasteiger partial charge in [-0.2, -0.15) is 0 Å². The molecule has 3 rings (SSSR count). The number of hydrogen-bond acceptors (Lipinski definition) is 3. The molecular formula is C14H13FN2O2. The minimum Gasteiger partial charge on any atom is -0.478 e. The van der Waals surface area contributed by atoms with Gasteiger partial charge in [0.25, 0.3) is 0 Å². The summed E-state index contributed by atoms with van der Waals surface area (Å²) >= 11 is 0. The van der Waals surface area contributed by atoms with E-state index in [1.54, 1.807) is 6.07 Å². The van der Waals surface area contributed by atoms with Crippen LogP contribution >= 0.6 is 0 Å². The minimum absolute atomic E-state index is 0.0669. The van der Waals surface area contributed by atoms with Crippen LogP contribution in [0.2, 0.25) is 0 Å². The van der Waals surface area contributed by atoms with Gasteiger partial charge in [0, 0.05) is 24.7 Å². The van der Waals surface area contributed by atoms with E-state index in [9.17, 15) is 9.18 Å². The Labute approximate surface area is 109 Å². The molecule has 1 aliphatic rings. The fraction of sp³-hybridized carbons (Fsp3) is 0.286. The first kappa shape index (κ1) is 11.9. The Morgan fingerprint density at radius 3 is 2.79 bits per heavy atom. The van der Waals surface area contributed by atoms with Crippen molar-refractivity contribution in [1.29, 1.82) is 0 Å². The summed E-state index contributed by atoms with van der Waals surface area (Å²) in [6.07, 6.45) is 1.30. The summed E-state index contributed by atoms with van der Waals surface area (Å²) < 4.78 is 14.0. The summed E-state index contributed by atoms with van der Waals surface area (Å²) in [5.74, 6) is -0.809. The number of aromatic carboxylic acids is 1. The largest absolute Gasteiger partial charge is 0.478 e. The normalized spacial score (nSPS) is 15.6. The topological polar surface area (TPSA) is 53.4 Å². The van der Waals surface area contributed by atoms with E-state index in [0.717, 1.165) is 13.1 Å². The number of carboxylic acids is 1. The fourth-order valence-corrected chi connectivity index (χ4v) is 2.39. The number of hydrogen-bond donors (Lipinski definition) is 1. The number of carbonyl (C=O) groups is 1. The van der Waals surface area contributed by atoms with Crippen LogP contribution in [0.5, 0.6) is 0 Å². The Hall–Kier alpha value is -2.17. The molecule has 19 heavy (non-hydrogen) atoms. The van der Waals surface area contributed by atoms with Crippen LogP contribution in [0.1, 0.15) is 17.3 Å². The van der Waals surface area contributed by atoms with Crippen molar-refractivity contribution in [2.45, 2.75) is 6.92 Å². The van der Waals surface area contributed by atoms with Crippen molar-refractivity contribution in [1.82, 2.24) is 4.98 Å². The first-order chi connectivity index (χ1) is 9.04. The monoisotopic (exact) mass is 260 g/mol. The number of rotatable bonds is 2. The molecule has 0 unspecified atom stereocenters. The maximum atomic E-state index is 14.0. The smallest absolute Gasteiger partial charge is 0.337 e. The van der Waals surface area contributed by atoms with Crippen molar-refractivity contribution in [3.05, 3.63) is 35.8 Å². The minimum atomic E-state index is -1.06. The van der Waals surface area contributed by atoms with Gasteiger partial charge in [-0.3, -0.25) is 4.98 Å². The second-order valence-electron chi connectivity index (χ2n) is 5.04. The lowest BCUT2D eigenvalue weighted by atomic mass is 10.0. The van der Waals surface area contributed by atoms with Crippen molar-refractivity contribution in [2.24, 2.45) is 5.92 Å². The van der Waals surface area contributed by atoms with Crippen LogP contribution in [0, 0.1) is 11.7 Å². The second-order valence-corrected chi connectivity index (χ2v) is 5.04. The highest BCUT2D eigenvalue weighted by atomic mass is 19.1. The zero-order valence-electron chi connectivity index (χ0n) is 10.4. The summed E-state index contributed by atoms with van der Waals surface area (Å²) in [4.78, 5) is 16.9. The third-order valence-corrected chi connectivity index (χ3v) is 3.40. The van der Waals surface area contributed by atoms with Crippen molar-refractivity contribution >= 4 is 22.6 Å². The molecule has 1 aliphatic heterocycles. The molecule has 1 aromatic heterocycles. The van der Waals surface area contributed by atoms with E-state index in [1.807, 2.05) is 4.90 Å². The van der Waals surface area contributed by atoms with Gasteiger partial charge in [0.2, 0.25) is 0 Å². The van der Waals surface area contributed by atoms with Gasteiger partial charge < -0.3 is 10.0 Å². The molecule has 0 aliphatic carbocycles. The van der Waals surface area contributed by atoms with Crippen molar-refractivity contribution in [3.63, 3.8) is 0 Å². The van der Waals surface area contributed by atoms with E-state index in [1.165, 1.54) is 18.3 Å². The van der Waals surface area contributed by atoms with Crippen LogP contribution < -0.4 is 4.90 Å². The molecule has 1 N–H and O–H groups in total. The molecule has 0 radical (unpaired) electrons. The summed E-state index contributed by atoms with van der Waals surface area (Å²) in [5.41, 5.74) is 1.22. The van der Waals surface area contributed by atoms with Crippen LogP contribution in [-0.2, 0) is 0 Å². The Morgan fingerprint density at radius 2 is 2.16 bits per heavy atom. The van der Waals surface area contributed by atoms with Gasteiger partial charge in [-0.05, 0) is 24.1 Å². The summed E-state index contributed by atoms with van der Waals surface area (Å²) in [6, 6.07) is 4.48. The van der Waals surface area contributed by atoms with E-state index in [-0.39, 0.29) is 11.4 Å². The molecule has 0 spiro atoms. The number of carboxylic acid groups (broad SMARTS) is 1. The third kappa shape index (κ3) is 2.01. The van der Waals surface area contributed by atoms with Gasteiger partial charge >= 0.3 is 5.97 Å². The molecule has 2 heterocycles. The molecule has 0 saturated carbocycles. The van der Waals surface area contributed by atoms with Gasteiger partial charge in [0.1, 0.15) is 5.82 Å². The highest BCUT2D eigenvalue weighted by Gasteiger charge is 2.25. The van der Waals surface area contributed by atoms with Gasteiger partial charge in [-0.25, -0.2) is 9.18 Å².